The van der Waals surface area contributed by atoms with Gasteiger partial charge in [0, 0.05) is 29.9 Å². The smallest absolute Gasteiger partial charge is 0.254 e. The molecule has 0 aliphatic carbocycles. The summed E-state index contributed by atoms with van der Waals surface area (Å²) in [6, 6.07) is 7.49. The van der Waals surface area contributed by atoms with Gasteiger partial charge < -0.3 is 19.9 Å². The topological polar surface area (TPSA) is 118 Å². The van der Waals surface area contributed by atoms with E-state index in [2.05, 4.69) is 10.1 Å². The third-order valence-corrected chi connectivity index (χ3v) is 4.75. The van der Waals surface area contributed by atoms with E-state index in [-0.39, 0.29) is 35.3 Å². The van der Waals surface area contributed by atoms with Crippen LogP contribution < -0.4 is 10.5 Å². The molecule has 3 aromatic rings. The molecule has 1 atom stereocenters. The fourth-order valence-corrected chi connectivity index (χ4v) is 3.30. The van der Waals surface area contributed by atoms with E-state index in [0.29, 0.717) is 22.5 Å². The largest absolute Gasteiger partial charge is 0.482 e. The van der Waals surface area contributed by atoms with Crippen molar-refractivity contribution in [2.24, 2.45) is 0 Å². The summed E-state index contributed by atoms with van der Waals surface area (Å²) in [7, 11) is 1.58. The van der Waals surface area contributed by atoms with Gasteiger partial charge in [-0.05, 0) is 31.2 Å². The number of fused-ring (bicyclic) bond motifs is 5. The molecule has 1 amide bonds. The summed E-state index contributed by atoms with van der Waals surface area (Å²) in [5, 5.41) is 13.2. The molecule has 0 spiro atoms. The van der Waals surface area contributed by atoms with Crippen molar-refractivity contribution < 1.29 is 18.4 Å². The number of nitriles is 1. The van der Waals surface area contributed by atoms with Crippen LogP contribution in [0.15, 0.2) is 35.0 Å². The number of nitrogens with two attached hydrogens (primary N) is 1. The second-order valence-electron chi connectivity index (χ2n) is 6.70. The molecule has 2 aromatic heterocycles. The van der Waals surface area contributed by atoms with Crippen molar-refractivity contribution in [3.63, 3.8) is 0 Å². The molecule has 9 heteroatoms. The summed E-state index contributed by atoms with van der Waals surface area (Å²) >= 11 is 0. The molecule has 146 valence electrons. The van der Waals surface area contributed by atoms with Gasteiger partial charge in [-0.3, -0.25) is 4.79 Å². The highest BCUT2D eigenvalue weighted by molar-refractivity contribution is 5.95. The van der Waals surface area contributed by atoms with Crippen LogP contribution in [0.3, 0.4) is 0 Å². The maximum Gasteiger partial charge on any atom is 0.254 e. The van der Waals surface area contributed by atoms with Crippen molar-refractivity contribution in [3.8, 4) is 22.9 Å². The lowest BCUT2D eigenvalue weighted by molar-refractivity contribution is 0.0767. The summed E-state index contributed by atoms with van der Waals surface area (Å²) in [5.74, 6) is -0.171. The van der Waals surface area contributed by atoms with Gasteiger partial charge in [-0.2, -0.15) is 5.26 Å². The van der Waals surface area contributed by atoms with Crippen molar-refractivity contribution >= 4 is 11.7 Å². The Morgan fingerprint density at radius 2 is 2.17 bits per heavy atom. The van der Waals surface area contributed by atoms with E-state index in [4.69, 9.17) is 15.0 Å². The third kappa shape index (κ3) is 3.14. The molecule has 1 aliphatic heterocycles. The molecule has 0 saturated heterocycles. The summed E-state index contributed by atoms with van der Waals surface area (Å²) in [5.41, 5.74) is 7.60. The Morgan fingerprint density at radius 3 is 2.93 bits per heavy atom. The van der Waals surface area contributed by atoms with Crippen molar-refractivity contribution in [2.75, 3.05) is 12.8 Å². The second kappa shape index (κ2) is 6.91. The van der Waals surface area contributed by atoms with Gasteiger partial charge in [0.1, 0.15) is 18.0 Å². The molecule has 29 heavy (non-hydrogen) atoms. The van der Waals surface area contributed by atoms with Crippen molar-refractivity contribution in [1.82, 2.24) is 15.0 Å². The highest BCUT2D eigenvalue weighted by Crippen LogP contribution is 2.35. The fourth-order valence-electron chi connectivity index (χ4n) is 3.30. The maximum absolute atomic E-state index is 13.9. The molecular weight excluding hydrogens is 377 g/mol. The maximum atomic E-state index is 13.9. The molecule has 4 rings (SSSR count). The number of nitrogen functional groups attached to an aromatic ring is 1. The average molecular weight is 393 g/mol. The first kappa shape index (κ1) is 18.4. The number of hydrogen-bond acceptors (Lipinski definition) is 7. The van der Waals surface area contributed by atoms with Crippen LogP contribution in [0.25, 0.3) is 11.1 Å². The van der Waals surface area contributed by atoms with Crippen LogP contribution in [0.1, 0.15) is 40.4 Å². The molecule has 8 nitrogen and oxygen atoms in total. The summed E-state index contributed by atoms with van der Waals surface area (Å²) in [6.45, 7) is 1.74. The Hall–Kier alpha value is -3.93. The number of rotatable bonds is 0. The van der Waals surface area contributed by atoms with E-state index in [1.165, 1.54) is 29.3 Å². The Bertz CT molecular complexity index is 1170. The van der Waals surface area contributed by atoms with Gasteiger partial charge in [0.15, 0.2) is 23.0 Å². The number of benzene rings is 1. The zero-order valence-corrected chi connectivity index (χ0v) is 15.6. The van der Waals surface area contributed by atoms with Crippen LogP contribution in [-0.4, -0.2) is 28.0 Å². The lowest BCUT2D eigenvalue weighted by Gasteiger charge is -2.23. The molecule has 3 heterocycles. The lowest BCUT2D eigenvalue weighted by atomic mass is 10.0. The van der Waals surface area contributed by atoms with Gasteiger partial charge >= 0.3 is 0 Å². The van der Waals surface area contributed by atoms with E-state index in [9.17, 15) is 14.4 Å². The number of amides is 1. The van der Waals surface area contributed by atoms with E-state index in [1.54, 1.807) is 20.0 Å². The van der Waals surface area contributed by atoms with Gasteiger partial charge in [0.25, 0.3) is 5.91 Å². The van der Waals surface area contributed by atoms with Crippen molar-refractivity contribution in [2.45, 2.75) is 19.6 Å². The number of nitrogens with zero attached hydrogens (tertiary/aromatic N) is 4. The molecule has 1 aliphatic rings. The molecule has 0 radical (unpaired) electrons. The van der Waals surface area contributed by atoms with Crippen LogP contribution in [0.5, 0.6) is 5.75 Å². The monoisotopic (exact) mass is 393 g/mol. The highest BCUT2D eigenvalue weighted by atomic mass is 19.1. The Balaban J connectivity index is 1.96. The quantitative estimate of drug-likeness (QED) is 0.623. The number of aromatic nitrogens is 2. The zero-order chi connectivity index (χ0) is 20.7. The van der Waals surface area contributed by atoms with Crippen LogP contribution in [0.4, 0.5) is 10.2 Å². The molecule has 2 N–H and O–H groups in total. The zero-order valence-electron chi connectivity index (χ0n) is 15.6. The standard InChI is InChI=1S/C20H16FN5O3/c1-10-14-6-12(21)3-4-13(14)20(27)26(2)9-17-18(15(7-22)25-29-17)11-5-16(28-10)19(23)24-8-11/h3-6,8,10H,9H2,1-2H3,(H2,23,24)/t10-/m1/s1. The van der Waals surface area contributed by atoms with Gasteiger partial charge in [-0.25, -0.2) is 9.37 Å². The second-order valence-corrected chi connectivity index (χ2v) is 6.70. The first-order chi connectivity index (χ1) is 13.9. The summed E-state index contributed by atoms with van der Waals surface area (Å²) in [4.78, 5) is 18.6. The SMILES string of the molecule is C[C@H]1Oc2cc(cnc2N)-c2c(C#N)noc2CN(C)C(=O)c2ccc(F)cc21. The number of ether oxygens (including phenoxy) is 1. The lowest BCUT2D eigenvalue weighted by Crippen LogP contribution is -2.28. The molecule has 2 bridgehead atoms. The van der Waals surface area contributed by atoms with Gasteiger partial charge in [0.05, 0.1) is 12.1 Å². The number of pyridine rings is 1. The molecule has 0 fully saturated rings. The van der Waals surface area contributed by atoms with Crippen LogP contribution in [0, 0.1) is 17.1 Å². The van der Waals surface area contributed by atoms with Crippen LogP contribution >= 0.6 is 0 Å². The Labute approximate surface area is 165 Å². The van der Waals surface area contributed by atoms with Crippen molar-refractivity contribution in [3.05, 3.63) is 58.9 Å². The highest BCUT2D eigenvalue weighted by Gasteiger charge is 2.27. The van der Waals surface area contributed by atoms with Gasteiger partial charge in [-0.15, -0.1) is 0 Å². The molecule has 1 aromatic carbocycles. The van der Waals surface area contributed by atoms with E-state index in [1.807, 2.05) is 6.07 Å². The van der Waals surface area contributed by atoms with Crippen LogP contribution in [0.2, 0.25) is 0 Å². The predicted octanol–water partition coefficient (Wildman–Crippen LogP) is 3.06. The molecule has 0 saturated carbocycles. The summed E-state index contributed by atoms with van der Waals surface area (Å²) in [6.07, 6.45) is 0.791. The first-order valence-electron chi connectivity index (χ1n) is 8.75. The number of halogens is 1. The Kier molecular flexibility index (Phi) is 4.39. The molecular formula is C20H16FN5O3. The number of carbonyl (C=O) groups excluding carboxylic acids is 1. The fraction of sp³-hybridized carbons (Fsp3) is 0.200. The van der Waals surface area contributed by atoms with Gasteiger partial charge in [-0.1, -0.05) is 5.16 Å². The van der Waals surface area contributed by atoms with E-state index >= 15 is 0 Å². The number of anilines is 1. The first-order valence-corrected chi connectivity index (χ1v) is 8.75. The minimum absolute atomic E-state index is 0.0502. The number of carbonyl (C=O) groups is 1. The minimum Gasteiger partial charge on any atom is -0.482 e. The third-order valence-electron chi connectivity index (χ3n) is 4.75. The normalized spacial score (nSPS) is 16.0. The van der Waals surface area contributed by atoms with Crippen LogP contribution in [-0.2, 0) is 6.54 Å². The average Bonchev–Trinajstić information content (AvgIpc) is 3.10. The minimum atomic E-state index is -0.686. The summed E-state index contributed by atoms with van der Waals surface area (Å²) < 4.78 is 25.2. The number of hydrogen-bond donors (Lipinski definition) is 1. The van der Waals surface area contributed by atoms with E-state index in [0.717, 1.165) is 0 Å². The predicted molar refractivity (Wildman–Crippen MR) is 100 cm³/mol. The molecule has 0 unspecified atom stereocenters. The van der Waals surface area contributed by atoms with E-state index < -0.39 is 11.9 Å². The Morgan fingerprint density at radius 1 is 1.38 bits per heavy atom. The van der Waals surface area contributed by atoms with Gasteiger partial charge in [0.2, 0.25) is 0 Å². The van der Waals surface area contributed by atoms with Crippen molar-refractivity contribution in [1.29, 1.82) is 5.26 Å².